The highest BCUT2D eigenvalue weighted by Gasteiger charge is 2.63. The minimum atomic E-state index is -4.55. The molecular formula is C27H33F3N4O7. The van der Waals surface area contributed by atoms with Gasteiger partial charge in [0, 0.05) is 43.4 Å². The van der Waals surface area contributed by atoms with Crippen LogP contribution in [-0.4, -0.2) is 94.9 Å². The van der Waals surface area contributed by atoms with Crippen LogP contribution in [0.2, 0.25) is 0 Å². The molecule has 14 heteroatoms. The molecule has 3 aliphatic carbocycles. The van der Waals surface area contributed by atoms with Gasteiger partial charge >= 0.3 is 6.18 Å². The molecule has 0 fully saturated rings. The number of aliphatic hydroxyl groups is 3. The summed E-state index contributed by atoms with van der Waals surface area (Å²) in [6.07, 6.45) is -4.57. The molecule has 0 heterocycles. The number of amides is 1. The number of Topliss-reactive ketones (excluding diaryl/α,β-unsaturated/α-hetero) is 2. The lowest BCUT2D eigenvalue weighted by Crippen LogP contribution is -2.63. The fourth-order valence-electron chi connectivity index (χ4n) is 6.27. The zero-order valence-corrected chi connectivity index (χ0v) is 23.1. The lowest BCUT2D eigenvalue weighted by Gasteiger charge is -2.50. The number of anilines is 1. The first-order chi connectivity index (χ1) is 18.8. The molecule has 41 heavy (non-hydrogen) atoms. The summed E-state index contributed by atoms with van der Waals surface area (Å²) in [6.45, 7) is 0.470. The zero-order chi connectivity index (χ0) is 30.9. The number of aromatic hydroxyl groups is 1. The number of rotatable bonds is 6. The van der Waals surface area contributed by atoms with E-state index in [0.29, 0.717) is 11.3 Å². The molecule has 7 N–H and O–H groups in total. The van der Waals surface area contributed by atoms with Crippen LogP contribution in [0.25, 0.3) is 0 Å². The minimum absolute atomic E-state index is 0.00637. The molecular weight excluding hydrogens is 549 g/mol. The van der Waals surface area contributed by atoms with Gasteiger partial charge in [0.1, 0.15) is 28.9 Å². The van der Waals surface area contributed by atoms with Crippen molar-refractivity contribution in [1.82, 2.24) is 10.2 Å². The Kier molecular flexibility index (Phi) is 7.42. The van der Waals surface area contributed by atoms with E-state index in [1.165, 1.54) is 25.1 Å². The molecule has 4 rings (SSSR count). The summed E-state index contributed by atoms with van der Waals surface area (Å²) in [6, 6.07) is -1.56. The smallest absolute Gasteiger partial charge is 0.403 e. The van der Waals surface area contributed by atoms with Crippen LogP contribution >= 0.6 is 0 Å². The quantitative estimate of drug-likeness (QED) is 0.268. The molecule has 0 saturated carbocycles. The number of alkyl halides is 3. The van der Waals surface area contributed by atoms with Crippen LogP contribution in [0.3, 0.4) is 0 Å². The van der Waals surface area contributed by atoms with Crippen molar-refractivity contribution in [2.24, 2.45) is 17.6 Å². The second-order valence-electron chi connectivity index (χ2n) is 11.3. The van der Waals surface area contributed by atoms with Gasteiger partial charge in [0.15, 0.2) is 11.4 Å². The van der Waals surface area contributed by atoms with Crippen LogP contribution in [0.1, 0.15) is 34.8 Å². The van der Waals surface area contributed by atoms with Gasteiger partial charge in [0.2, 0.25) is 5.78 Å². The van der Waals surface area contributed by atoms with Crippen LogP contribution in [0.15, 0.2) is 28.7 Å². The average Bonchev–Trinajstić information content (AvgIpc) is 2.84. The number of benzene rings is 1. The Morgan fingerprint density at radius 3 is 2.32 bits per heavy atom. The number of hydrogen-bond acceptors (Lipinski definition) is 10. The first-order valence-corrected chi connectivity index (χ1v) is 12.8. The van der Waals surface area contributed by atoms with Crippen LogP contribution < -0.4 is 16.0 Å². The molecule has 224 valence electrons. The maximum absolute atomic E-state index is 13.9. The van der Waals surface area contributed by atoms with Crippen molar-refractivity contribution in [1.29, 1.82) is 0 Å². The number of likely N-dealkylation sites (N-methyl/N-ethyl adjacent to an activating group) is 1. The summed E-state index contributed by atoms with van der Waals surface area (Å²) in [5, 5.41) is 47.3. The first kappa shape index (κ1) is 30.3. The fourth-order valence-corrected chi connectivity index (χ4v) is 6.27. The highest BCUT2D eigenvalue weighted by molar-refractivity contribution is 6.24. The third-order valence-corrected chi connectivity index (χ3v) is 8.35. The van der Waals surface area contributed by atoms with Crippen molar-refractivity contribution in [3.8, 4) is 5.75 Å². The Balaban J connectivity index is 1.90. The van der Waals surface area contributed by atoms with Crippen molar-refractivity contribution in [2.75, 3.05) is 33.1 Å². The van der Waals surface area contributed by atoms with Crippen LogP contribution in [0.5, 0.6) is 5.75 Å². The predicted molar refractivity (Wildman–Crippen MR) is 140 cm³/mol. The van der Waals surface area contributed by atoms with Gasteiger partial charge in [-0.25, -0.2) is 0 Å². The van der Waals surface area contributed by atoms with Crippen molar-refractivity contribution >= 4 is 23.2 Å². The highest BCUT2D eigenvalue weighted by atomic mass is 19.4. The number of ketones is 2. The lowest BCUT2D eigenvalue weighted by atomic mass is 9.58. The monoisotopic (exact) mass is 582 g/mol. The number of nitrogens with two attached hydrogens (primary N) is 1. The molecule has 0 spiro atoms. The maximum Gasteiger partial charge on any atom is 0.403 e. The minimum Gasteiger partial charge on any atom is -0.510 e. The van der Waals surface area contributed by atoms with Crippen LogP contribution in [0.4, 0.5) is 18.9 Å². The van der Waals surface area contributed by atoms with E-state index in [0.717, 1.165) is 6.92 Å². The summed E-state index contributed by atoms with van der Waals surface area (Å²) in [7, 11) is 6.38. The van der Waals surface area contributed by atoms with Crippen molar-refractivity contribution in [3.05, 3.63) is 45.4 Å². The summed E-state index contributed by atoms with van der Waals surface area (Å²) >= 11 is 0. The summed E-state index contributed by atoms with van der Waals surface area (Å²) in [5.41, 5.74) is 1.83. The third-order valence-electron chi connectivity index (χ3n) is 8.35. The van der Waals surface area contributed by atoms with Gasteiger partial charge in [0.25, 0.3) is 5.91 Å². The van der Waals surface area contributed by atoms with Gasteiger partial charge in [-0.15, -0.1) is 0 Å². The highest BCUT2D eigenvalue weighted by Crippen LogP contribution is 2.53. The number of carbonyl (C=O) groups excluding carboxylic acids is 3. The average molecular weight is 583 g/mol. The second-order valence-corrected chi connectivity index (χ2v) is 11.3. The normalized spacial score (nSPS) is 27.0. The van der Waals surface area contributed by atoms with Crippen LogP contribution in [0, 0.1) is 11.8 Å². The van der Waals surface area contributed by atoms with Crippen molar-refractivity contribution in [3.63, 3.8) is 0 Å². The summed E-state index contributed by atoms with van der Waals surface area (Å²) in [5.74, 6) is -7.82. The fraction of sp³-hybridized carbons (Fsp3) is 0.519. The van der Waals surface area contributed by atoms with E-state index in [4.69, 9.17) is 5.73 Å². The van der Waals surface area contributed by atoms with Crippen molar-refractivity contribution < 1.29 is 48.0 Å². The largest absolute Gasteiger partial charge is 0.510 e. The molecule has 2 unspecified atom stereocenters. The Morgan fingerprint density at radius 1 is 1.20 bits per heavy atom. The van der Waals surface area contributed by atoms with Gasteiger partial charge in [-0.1, -0.05) is 0 Å². The van der Waals surface area contributed by atoms with E-state index in [1.807, 2.05) is 0 Å². The Labute approximate surface area is 233 Å². The number of halogens is 3. The molecule has 0 aliphatic heterocycles. The second kappa shape index (κ2) is 10.0. The first-order valence-electron chi connectivity index (χ1n) is 12.8. The number of allylic oxidation sites excluding steroid dienone is 1. The van der Waals surface area contributed by atoms with E-state index < -0.39 is 82.6 Å². The van der Waals surface area contributed by atoms with E-state index in [-0.39, 0.29) is 29.5 Å². The molecule has 3 aliphatic rings. The number of aliphatic hydroxyl groups excluding tert-OH is 2. The summed E-state index contributed by atoms with van der Waals surface area (Å²) < 4.78 is 39.2. The van der Waals surface area contributed by atoms with E-state index in [2.05, 4.69) is 5.32 Å². The van der Waals surface area contributed by atoms with Gasteiger partial charge < -0.3 is 36.4 Å². The number of hydrogen-bond donors (Lipinski definition) is 6. The number of fused-ring (bicyclic) bond motifs is 3. The number of phenols is 1. The third kappa shape index (κ3) is 4.53. The Hall–Kier alpha value is -3.62. The molecule has 0 bridgehead atoms. The number of primary amides is 1. The molecule has 5 atom stereocenters. The van der Waals surface area contributed by atoms with Gasteiger partial charge in [-0.05, 0) is 51.4 Å². The molecule has 0 radical (unpaired) electrons. The Bertz CT molecular complexity index is 1400. The summed E-state index contributed by atoms with van der Waals surface area (Å²) in [4.78, 5) is 42.5. The topological polar surface area (TPSA) is 177 Å². The van der Waals surface area contributed by atoms with Gasteiger partial charge in [0.05, 0.1) is 11.6 Å². The molecule has 1 amide bonds. The number of phenolic OH excluding ortho intramolecular Hbond substituents is 1. The van der Waals surface area contributed by atoms with Crippen LogP contribution in [-0.2, 0) is 22.6 Å². The number of nitrogens with zero attached hydrogens (tertiary/aromatic N) is 2. The van der Waals surface area contributed by atoms with E-state index >= 15 is 0 Å². The van der Waals surface area contributed by atoms with E-state index in [9.17, 15) is 48.0 Å². The standard InChI is InChI=1S/C27H33F3N4O7/c1-10(27(28,29)30)32-9-12-8-15(33(2)3)13-6-11-7-14-19(34(4)5)22(37)18(25(31)40)24(39)26(14,41)23(38)16(11)21(36)17(13)20(12)35/h8,10-11,14,19,32,35,37-38,41H,6-7,9H2,1-5H3,(H2,31,40)/t10?,11-,14+,19?,26+/m1/s1. The number of carbonyl (C=O) groups is 3. The zero-order valence-electron chi connectivity index (χ0n) is 23.1. The predicted octanol–water partition coefficient (Wildman–Crippen LogP) is 1.23. The van der Waals surface area contributed by atoms with Gasteiger partial charge in [-0.2, -0.15) is 13.2 Å². The molecule has 1 aromatic carbocycles. The molecule has 0 saturated heterocycles. The number of nitrogens with one attached hydrogen (secondary N) is 1. The van der Waals surface area contributed by atoms with E-state index in [1.54, 1.807) is 19.0 Å². The van der Waals surface area contributed by atoms with Gasteiger partial charge in [-0.3, -0.25) is 19.3 Å². The van der Waals surface area contributed by atoms with Crippen molar-refractivity contribution in [2.45, 2.75) is 50.2 Å². The molecule has 11 nitrogen and oxygen atoms in total. The maximum atomic E-state index is 13.9. The lowest BCUT2D eigenvalue weighted by molar-refractivity contribution is -0.152. The molecule has 1 aromatic rings. The SMILES string of the molecule is CC(NCc1cc(N(C)C)c2c(c1O)C(=O)C1=C(O)[C@]3(O)C(=O)C(C(N)=O)=C(O)C(N(C)C)[C@@H]3C[C@H]1C2)C(F)(F)F. The Morgan fingerprint density at radius 2 is 1.80 bits per heavy atom. The molecule has 0 aromatic heterocycles.